The van der Waals surface area contributed by atoms with E-state index in [2.05, 4.69) is 4.74 Å². The first-order valence-corrected chi connectivity index (χ1v) is 3.59. The summed E-state index contributed by atoms with van der Waals surface area (Å²) in [5.41, 5.74) is 7.44. The number of methoxy groups -OCH3 is 1. The molecule has 0 heterocycles. The highest BCUT2D eigenvalue weighted by molar-refractivity contribution is 6.32. The maximum atomic E-state index is 11.1. The Balaban J connectivity index is 3.13. The molecule has 1 aromatic rings. The van der Waals surface area contributed by atoms with E-state index in [0.29, 0.717) is 11.3 Å². The predicted molar refractivity (Wildman–Crippen MR) is 50.4 cm³/mol. The Bertz CT molecular complexity index is 312. The number of nitrogens with two attached hydrogens (primary N) is 1. The Morgan fingerprint density at radius 1 is 1.58 bits per heavy atom. The third-order valence-electron chi connectivity index (χ3n) is 1.61. The molecule has 1 aromatic carbocycles. The van der Waals surface area contributed by atoms with Crippen molar-refractivity contribution in [3.05, 3.63) is 23.8 Å². The molecule has 62 valence electrons. The Morgan fingerprint density at radius 3 is 2.83 bits per heavy atom. The Labute approximate surface area is 71.9 Å². The third kappa shape index (κ3) is 1.58. The van der Waals surface area contributed by atoms with Gasteiger partial charge in [0.1, 0.15) is 7.85 Å². The van der Waals surface area contributed by atoms with Crippen molar-refractivity contribution >= 4 is 25.0 Å². The summed E-state index contributed by atoms with van der Waals surface area (Å²) in [6.45, 7) is 0. The van der Waals surface area contributed by atoms with Crippen molar-refractivity contribution in [2.75, 3.05) is 12.8 Å². The van der Waals surface area contributed by atoms with Gasteiger partial charge in [-0.3, -0.25) is 0 Å². The number of carbonyl (C=O) groups excluding carboxylic acids is 1. The fourth-order valence-corrected chi connectivity index (χ4v) is 0.957. The number of hydrogen-bond donors (Lipinski definition) is 1. The van der Waals surface area contributed by atoms with Gasteiger partial charge in [-0.05, 0) is 6.07 Å². The highest BCUT2D eigenvalue weighted by atomic mass is 16.5. The maximum absolute atomic E-state index is 11.1. The van der Waals surface area contributed by atoms with Crippen molar-refractivity contribution in [2.45, 2.75) is 0 Å². The predicted octanol–water partition coefficient (Wildman–Crippen LogP) is -0.686. The van der Waals surface area contributed by atoms with Gasteiger partial charge in [0.05, 0.1) is 12.7 Å². The fraction of sp³-hybridized carbons (Fsp3) is 0.125. The zero-order valence-electron chi connectivity index (χ0n) is 7.13. The lowest BCUT2D eigenvalue weighted by atomic mass is 9.94. The SMILES string of the molecule is Bc1ccc(N)c(C(=O)OC)c1. The minimum absolute atomic E-state index is 0.392. The molecule has 0 aliphatic carbocycles. The largest absolute Gasteiger partial charge is 0.465 e. The van der Waals surface area contributed by atoms with Gasteiger partial charge in [-0.2, -0.15) is 0 Å². The van der Waals surface area contributed by atoms with E-state index in [1.54, 1.807) is 12.1 Å². The lowest BCUT2D eigenvalue weighted by Gasteiger charge is -2.03. The van der Waals surface area contributed by atoms with Gasteiger partial charge in [-0.25, -0.2) is 4.79 Å². The Hall–Kier alpha value is -1.45. The molecule has 0 aliphatic heterocycles. The molecule has 1 rings (SSSR count). The zero-order valence-corrected chi connectivity index (χ0v) is 7.13. The van der Waals surface area contributed by atoms with E-state index in [1.807, 2.05) is 13.9 Å². The number of esters is 1. The molecule has 0 amide bonds. The molecule has 2 N–H and O–H groups in total. The smallest absolute Gasteiger partial charge is 0.339 e. The van der Waals surface area contributed by atoms with Crippen molar-refractivity contribution in [3.63, 3.8) is 0 Å². The van der Waals surface area contributed by atoms with Gasteiger partial charge in [-0.15, -0.1) is 0 Å². The molecule has 12 heavy (non-hydrogen) atoms. The lowest BCUT2D eigenvalue weighted by Crippen LogP contribution is -2.11. The number of anilines is 1. The first-order chi connectivity index (χ1) is 5.65. The number of ether oxygens (including phenoxy) is 1. The van der Waals surface area contributed by atoms with Crippen LogP contribution in [0.2, 0.25) is 0 Å². The summed E-state index contributed by atoms with van der Waals surface area (Å²) in [5, 5.41) is 0. The number of rotatable bonds is 1. The van der Waals surface area contributed by atoms with Crippen LogP contribution in [0.5, 0.6) is 0 Å². The third-order valence-corrected chi connectivity index (χ3v) is 1.61. The molecule has 0 spiro atoms. The molecule has 0 radical (unpaired) electrons. The van der Waals surface area contributed by atoms with E-state index in [-0.39, 0.29) is 0 Å². The van der Waals surface area contributed by atoms with Crippen LogP contribution in [-0.4, -0.2) is 20.9 Å². The molecular formula is C8H10BNO2. The van der Waals surface area contributed by atoms with Crippen LogP contribution in [0.3, 0.4) is 0 Å². The van der Waals surface area contributed by atoms with Gasteiger partial charge in [0.2, 0.25) is 0 Å². The second-order valence-corrected chi connectivity index (χ2v) is 2.58. The monoisotopic (exact) mass is 163 g/mol. The van der Waals surface area contributed by atoms with Crippen molar-refractivity contribution in [1.82, 2.24) is 0 Å². The van der Waals surface area contributed by atoms with Gasteiger partial charge in [0.25, 0.3) is 0 Å². The molecule has 0 atom stereocenters. The van der Waals surface area contributed by atoms with Gasteiger partial charge in [-0.1, -0.05) is 17.6 Å². The van der Waals surface area contributed by atoms with Crippen LogP contribution in [0.4, 0.5) is 5.69 Å². The molecule has 0 saturated heterocycles. The summed E-state index contributed by atoms with van der Waals surface area (Å²) in [6, 6.07) is 5.25. The summed E-state index contributed by atoms with van der Waals surface area (Å²) in [4.78, 5) is 11.1. The second kappa shape index (κ2) is 3.30. The molecule has 0 fully saturated rings. The molecule has 3 nitrogen and oxygen atoms in total. The first-order valence-electron chi connectivity index (χ1n) is 3.59. The normalized spacial score (nSPS) is 9.42. The lowest BCUT2D eigenvalue weighted by molar-refractivity contribution is 0.0602. The summed E-state index contributed by atoms with van der Waals surface area (Å²) in [6.07, 6.45) is 0. The highest BCUT2D eigenvalue weighted by Gasteiger charge is 2.08. The molecule has 0 aliphatic rings. The van der Waals surface area contributed by atoms with E-state index in [1.165, 1.54) is 7.11 Å². The van der Waals surface area contributed by atoms with E-state index < -0.39 is 5.97 Å². The van der Waals surface area contributed by atoms with Crippen molar-refractivity contribution in [2.24, 2.45) is 0 Å². The topological polar surface area (TPSA) is 52.3 Å². The first kappa shape index (κ1) is 8.65. The van der Waals surface area contributed by atoms with Crippen LogP contribution >= 0.6 is 0 Å². The fourth-order valence-electron chi connectivity index (χ4n) is 0.957. The number of hydrogen-bond acceptors (Lipinski definition) is 3. The van der Waals surface area contributed by atoms with Crippen molar-refractivity contribution < 1.29 is 9.53 Å². The molecule has 4 heteroatoms. The van der Waals surface area contributed by atoms with E-state index in [4.69, 9.17) is 5.73 Å². The maximum Gasteiger partial charge on any atom is 0.339 e. The van der Waals surface area contributed by atoms with E-state index in [0.717, 1.165) is 5.46 Å². The van der Waals surface area contributed by atoms with Gasteiger partial charge < -0.3 is 10.5 Å². The standard InChI is InChI=1S/C8H10BNO2/c1-12-8(11)6-4-5(9)2-3-7(6)10/h2-4H,9-10H2,1H3. The van der Waals surface area contributed by atoms with Crippen LogP contribution in [0.15, 0.2) is 18.2 Å². The minimum atomic E-state index is -0.392. The Morgan fingerprint density at radius 2 is 2.25 bits per heavy atom. The summed E-state index contributed by atoms with van der Waals surface area (Å²) < 4.78 is 4.55. The average Bonchev–Trinajstić information content (AvgIpc) is 2.08. The summed E-state index contributed by atoms with van der Waals surface area (Å²) in [7, 11) is 3.23. The van der Waals surface area contributed by atoms with Gasteiger partial charge in [0, 0.05) is 5.69 Å². The van der Waals surface area contributed by atoms with Crippen LogP contribution < -0.4 is 11.2 Å². The Kier molecular flexibility index (Phi) is 2.38. The van der Waals surface area contributed by atoms with Crippen LogP contribution in [0.25, 0.3) is 0 Å². The molecular weight excluding hydrogens is 153 g/mol. The van der Waals surface area contributed by atoms with Crippen molar-refractivity contribution in [3.8, 4) is 0 Å². The van der Waals surface area contributed by atoms with Crippen LogP contribution in [-0.2, 0) is 4.74 Å². The second-order valence-electron chi connectivity index (χ2n) is 2.58. The number of nitrogen functional groups attached to an aromatic ring is 1. The minimum Gasteiger partial charge on any atom is -0.465 e. The van der Waals surface area contributed by atoms with E-state index in [9.17, 15) is 4.79 Å². The number of benzene rings is 1. The van der Waals surface area contributed by atoms with Crippen LogP contribution in [0, 0.1) is 0 Å². The van der Waals surface area contributed by atoms with E-state index >= 15 is 0 Å². The molecule has 0 aromatic heterocycles. The zero-order chi connectivity index (χ0) is 9.14. The summed E-state index contributed by atoms with van der Waals surface area (Å²) >= 11 is 0. The quantitative estimate of drug-likeness (QED) is 0.338. The highest BCUT2D eigenvalue weighted by Crippen LogP contribution is 2.09. The van der Waals surface area contributed by atoms with Crippen LogP contribution in [0.1, 0.15) is 10.4 Å². The van der Waals surface area contributed by atoms with Gasteiger partial charge >= 0.3 is 5.97 Å². The number of carbonyl (C=O) groups is 1. The summed E-state index contributed by atoms with van der Waals surface area (Å²) in [5.74, 6) is -0.392. The average molecular weight is 163 g/mol. The molecule has 0 unspecified atom stereocenters. The van der Waals surface area contributed by atoms with Gasteiger partial charge in [0.15, 0.2) is 0 Å². The van der Waals surface area contributed by atoms with Crippen molar-refractivity contribution in [1.29, 1.82) is 0 Å². The molecule has 0 bridgehead atoms. The molecule has 0 saturated carbocycles.